The number of hydrogen-bond donors (Lipinski definition) is 1. The third-order valence-electron chi connectivity index (χ3n) is 3.15. The minimum Gasteiger partial charge on any atom is -0.316 e. The Morgan fingerprint density at radius 3 is 2.50 bits per heavy atom. The second kappa shape index (κ2) is 4.50. The summed E-state index contributed by atoms with van der Waals surface area (Å²) in [5.41, 5.74) is 1.25. The maximum Gasteiger partial charge on any atom is 0.270 e. The molecule has 0 aliphatic carbocycles. The minimum atomic E-state index is -2.73. The van der Waals surface area contributed by atoms with Gasteiger partial charge in [0.1, 0.15) is 0 Å². The lowest BCUT2D eigenvalue weighted by atomic mass is 9.97. The average molecular weight is 225 g/mol. The molecule has 0 spiro atoms. The summed E-state index contributed by atoms with van der Waals surface area (Å²) >= 11 is 0. The lowest BCUT2D eigenvalue weighted by Gasteiger charge is -2.12. The zero-order valence-electron chi connectivity index (χ0n) is 9.47. The Morgan fingerprint density at radius 1 is 1.31 bits per heavy atom. The van der Waals surface area contributed by atoms with Gasteiger partial charge in [-0.05, 0) is 37.4 Å². The standard InChI is InChI=1S/C13H17F2N/c1-13(14,15)12-4-2-10(3-5-12)8-11-6-7-16-9-11/h2-5,11,16H,6-9H2,1H3. The summed E-state index contributed by atoms with van der Waals surface area (Å²) in [6.07, 6.45) is 2.17. The van der Waals surface area contributed by atoms with E-state index in [1.54, 1.807) is 0 Å². The largest absolute Gasteiger partial charge is 0.316 e. The van der Waals surface area contributed by atoms with E-state index >= 15 is 0 Å². The summed E-state index contributed by atoms with van der Waals surface area (Å²) < 4.78 is 26.0. The van der Waals surface area contributed by atoms with Crippen LogP contribution in [-0.2, 0) is 12.3 Å². The molecule has 0 saturated carbocycles. The number of alkyl halides is 2. The first-order valence-electron chi connectivity index (χ1n) is 5.73. The van der Waals surface area contributed by atoms with E-state index in [0.717, 1.165) is 32.0 Å². The molecular formula is C13H17F2N. The van der Waals surface area contributed by atoms with Gasteiger partial charge in [-0.25, -0.2) is 8.78 Å². The molecule has 0 bridgehead atoms. The van der Waals surface area contributed by atoms with Crippen molar-refractivity contribution < 1.29 is 8.78 Å². The van der Waals surface area contributed by atoms with E-state index in [9.17, 15) is 8.78 Å². The molecule has 0 radical (unpaired) electrons. The molecule has 1 aliphatic rings. The highest BCUT2D eigenvalue weighted by molar-refractivity contribution is 5.25. The van der Waals surface area contributed by atoms with Crippen molar-refractivity contribution in [1.82, 2.24) is 5.32 Å². The van der Waals surface area contributed by atoms with E-state index in [4.69, 9.17) is 0 Å². The van der Waals surface area contributed by atoms with Gasteiger partial charge in [-0.1, -0.05) is 24.3 Å². The summed E-state index contributed by atoms with van der Waals surface area (Å²) in [6, 6.07) is 6.73. The molecule has 1 unspecified atom stereocenters. The number of nitrogens with one attached hydrogen (secondary N) is 1. The van der Waals surface area contributed by atoms with Crippen LogP contribution in [-0.4, -0.2) is 13.1 Å². The zero-order valence-corrected chi connectivity index (χ0v) is 9.47. The van der Waals surface area contributed by atoms with Crippen LogP contribution in [0.4, 0.5) is 8.78 Å². The molecule has 1 heterocycles. The van der Waals surface area contributed by atoms with Crippen LogP contribution in [0, 0.1) is 5.92 Å². The highest BCUT2D eigenvalue weighted by Crippen LogP contribution is 2.27. The van der Waals surface area contributed by atoms with Crippen molar-refractivity contribution in [2.75, 3.05) is 13.1 Å². The monoisotopic (exact) mass is 225 g/mol. The van der Waals surface area contributed by atoms with E-state index in [0.29, 0.717) is 5.92 Å². The van der Waals surface area contributed by atoms with Gasteiger partial charge in [0, 0.05) is 12.5 Å². The van der Waals surface area contributed by atoms with Gasteiger partial charge >= 0.3 is 0 Å². The number of rotatable bonds is 3. The summed E-state index contributed by atoms with van der Waals surface area (Å²) in [4.78, 5) is 0. The predicted octanol–water partition coefficient (Wildman–Crippen LogP) is 2.95. The number of benzene rings is 1. The van der Waals surface area contributed by atoms with Crippen molar-refractivity contribution in [2.45, 2.75) is 25.7 Å². The third-order valence-corrected chi connectivity index (χ3v) is 3.15. The molecule has 88 valence electrons. The van der Waals surface area contributed by atoms with Crippen molar-refractivity contribution in [3.05, 3.63) is 35.4 Å². The van der Waals surface area contributed by atoms with E-state index in [-0.39, 0.29) is 5.56 Å². The molecule has 1 aromatic rings. The summed E-state index contributed by atoms with van der Waals surface area (Å²) in [6.45, 7) is 3.06. The second-order valence-corrected chi connectivity index (χ2v) is 4.65. The van der Waals surface area contributed by atoms with Gasteiger partial charge in [0.15, 0.2) is 0 Å². The van der Waals surface area contributed by atoms with E-state index in [1.165, 1.54) is 18.6 Å². The minimum absolute atomic E-state index is 0.0980. The highest BCUT2D eigenvalue weighted by atomic mass is 19.3. The molecule has 1 aliphatic heterocycles. The van der Waals surface area contributed by atoms with Crippen LogP contribution in [0.15, 0.2) is 24.3 Å². The van der Waals surface area contributed by atoms with Gasteiger partial charge in [0.05, 0.1) is 0 Å². The molecule has 1 aromatic carbocycles. The Labute approximate surface area is 94.9 Å². The maximum absolute atomic E-state index is 13.0. The molecule has 1 atom stereocenters. The Balaban J connectivity index is 2.01. The van der Waals surface area contributed by atoms with Crippen LogP contribution in [0.1, 0.15) is 24.5 Å². The van der Waals surface area contributed by atoms with Crippen LogP contribution in [0.5, 0.6) is 0 Å². The third kappa shape index (κ3) is 2.79. The first-order valence-corrected chi connectivity index (χ1v) is 5.73. The Hall–Kier alpha value is -0.960. The Bertz CT molecular complexity index is 334. The fraction of sp³-hybridized carbons (Fsp3) is 0.538. The second-order valence-electron chi connectivity index (χ2n) is 4.65. The lowest BCUT2D eigenvalue weighted by molar-refractivity contribution is 0.0174. The summed E-state index contributed by atoms with van der Waals surface area (Å²) in [5.74, 6) is -2.07. The van der Waals surface area contributed by atoms with Crippen molar-refractivity contribution in [3.8, 4) is 0 Å². The van der Waals surface area contributed by atoms with Gasteiger partial charge in [-0.15, -0.1) is 0 Å². The van der Waals surface area contributed by atoms with Crippen LogP contribution in [0.2, 0.25) is 0 Å². The summed E-state index contributed by atoms with van der Waals surface area (Å²) in [5, 5.41) is 3.31. The quantitative estimate of drug-likeness (QED) is 0.834. The molecular weight excluding hydrogens is 208 g/mol. The van der Waals surface area contributed by atoms with Crippen LogP contribution >= 0.6 is 0 Å². The van der Waals surface area contributed by atoms with E-state index < -0.39 is 5.92 Å². The summed E-state index contributed by atoms with van der Waals surface area (Å²) in [7, 11) is 0. The molecule has 1 N–H and O–H groups in total. The van der Waals surface area contributed by atoms with E-state index in [1.807, 2.05) is 12.1 Å². The van der Waals surface area contributed by atoms with Crippen molar-refractivity contribution in [1.29, 1.82) is 0 Å². The molecule has 1 saturated heterocycles. The van der Waals surface area contributed by atoms with Gasteiger partial charge in [0.25, 0.3) is 5.92 Å². The molecule has 16 heavy (non-hydrogen) atoms. The zero-order chi connectivity index (χ0) is 11.6. The van der Waals surface area contributed by atoms with Crippen molar-refractivity contribution >= 4 is 0 Å². The van der Waals surface area contributed by atoms with Gasteiger partial charge in [-0.3, -0.25) is 0 Å². The topological polar surface area (TPSA) is 12.0 Å². The predicted molar refractivity (Wildman–Crippen MR) is 60.7 cm³/mol. The smallest absolute Gasteiger partial charge is 0.270 e. The number of halogens is 2. The molecule has 0 aromatic heterocycles. The Morgan fingerprint density at radius 2 is 2.00 bits per heavy atom. The molecule has 1 nitrogen and oxygen atoms in total. The van der Waals surface area contributed by atoms with Crippen LogP contribution < -0.4 is 5.32 Å². The maximum atomic E-state index is 13.0. The first-order chi connectivity index (χ1) is 7.55. The van der Waals surface area contributed by atoms with Crippen LogP contribution in [0.3, 0.4) is 0 Å². The Kier molecular flexibility index (Phi) is 3.24. The van der Waals surface area contributed by atoms with Gasteiger partial charge in [-0.2, -0.15) is 0 Å². The molecule has 0 amide bonds. The average Bonchev–Trinajstić information content (AvgIpc) is 2.70. The van der Waals surface area contributed by atoms with Crippen molar-refractivity contribution in [2.24, 2.45) is 5.92 Å². The fourth-order valence-corrected chi connectivity index (χ4v) is 2.16. The van der Waals surface area contributed by atoms with Crippen molar-refractivity contribution in [3.63, 3.8) is 0 Å². The lowest BCUT2D eigenvalue weighted by Crippen LogP contribution is -2.11. The van der Waals surface area contributed by atoms with Crippen LogP contribution in [0.25, 0.3) is 0 Å². The molecule has 3 heteroatoms. The highest BCUT2D eigenvalue weighted by Gasteiger charge is 2.23. The SMILES string of the molecule is CC(F)(F)c1ccc(CC2CCNC2)cc1. The molecule has 2 rings (SSSR count). The van der Waals surface area contributed by atoms with Gasteiger partial charge in [0.2, 0.25) is 0 Å². The van der Waals surface area contributed by atoms with E-state index in [2.05, 4.69) is 5.32 Å². The van der Waals surface area contributed by atoms with Gasteiger partial charge < -0.3 is 5.32 Å². The normalized spacial score (nSPS) is 21.3. The fourth-order valence-electron chi connectivity index (χ4n) is 2.16. The first kappa shape index (κ1) is 11.5. The number of hydrogen-bond acceptors (Lipinski definition) is 1. The molecule has 1 fully saturated rings.